The SMILES string of the molecule is COCC(NC(=O)c1cccc(C(N)=O)c1)C(=O)O. The summed E-state index contributed by atoms with van der Waals surface area (Å²) in [5.74, 6) is -2.49. The first kappa shape index (κ1) is 14.7. The predicted octanol–water partition coefficient (Wildman–Crippen LogP) is -0.385. The Hall–Kier alpha value is -2.41. The van der Waals surface area contributed by atoms with E-state index >= 15 is 0 Å². The van der Waals surface area contributed by atoms with Crippen LogP contribution in [0.4, 0.5) is 0 Å². The highest BCUT2D eigenvalue weighted by Crippen LogP contribution is 2.05. The van der Waals surface area contributed by atoms with Crippen molar-refractivity contribution in [1.82, 2.24) is 5.32 Å². The third-order valence-corrected chi connectivity index (χ3v) is 2.35. The Morgan fingerprint density at radius 1 is 1.37 bits per heavy atom. The van der Waals surface area contributed by atoms with E-state index in [2.05, 4.69) is 5.32 Å². The summed E-state index contributed by atoms with van der Waals surface area (Å²) in [6, 6.07) is 4.54. The number of primary amides is 1. The first-order chi connectivity index (χ1) is 8.95. The first-order valence-electron chi connectivity index (χ1n) is 5.38. The fraction of sp³-hybridized carbons (Fsp3) is 0.250. The highest BCUT2D eigenvalue weighted by Gasteiger charge is 2.20. The molecule has 2 amide bonds. The summed E-state index contributed by atoms with van der Waals surface area (Å²) in [6.07, 6.45) is 0. The molecule has 1 aromatic rings. The second-order valence-electron chi connectivity index (χ2n) is 3.76. The molecule has 0 bridgehead atoms. The second kappa shape index (κ2) is 6.50. The lowest BCUT2D eigenvalue weighted by Crippen LogP contribution is -2.43. The van der Waals surface area contributed by atoms with E-state index in [1.54, 1.807) is 0 Å². The van der Waals surface area contributed by atoms with Crippen LogP contribution in [0, 0.1) is 0 Å². The summed E-state index contributed by atoms with van der Waals surface area (Å²) >= 11 is 0. The average molecular weight is 266 g/mol. The van der Waals surface area contributed by atoms with Crippen LogP contribution < -0.4 is 11.1 Å². The molecule has 0 aliphatic rings. The van der Waals surface area contributed by atoms with Gasteiger partial charge < -0.3 is 20.9 Å². The molecule has 19 heavy (non-hydrogen) atoms. The fourth-order valence-electron chi connectivity index (χ4n) is 1.40. The van der Waals surface area contributed by atoms with Crippen molar-refractivity contribution in [3.05, 3.63) is 35.4 Å². The molecule has 0 aliphatic carbocycles. The quantitative estimate of drug-likeness (QED) is 0.648. The molecule has 1 aromatic carbocycles. The van der Waals surface area contributed by atoms with E-state index < -0.39 is 23.8 Å². The monoisotopic (exact) mass is 266 g/mol. The minimum absolute atomic E-state index is 0.152. The molecule has 102 valence electrons. The molecular weight excluding hydrogens is 252 g/mol. The van der Waals surface area contributed by atoms with E-state index in [-0.39, 0.29) is 17.7 Å². The molecule has 0 spiro atoms. The molecule has 0 saturated carbocycles. The average Bonchev–Trinajstić information content (AvgIpc) is 2.38. The predicted molar refractivity (Wildman–Crippen MR) is 65.7 cm³/mol. The smallest absolute Gasteiger partial charge is 0.328 e. The minimum Gasteiger partial charge on any atom is -0.480 e. The van der Waals surface area contributed by atoms with Crippen molar-refractivity contribution >= 4 is 17.8 Å². The van der Waals surface area contributed by atoms with Gasteiger partial charge in [-0.05, 0) is 18.2 Å². The molecule has 7 nitrogen and oxygen atoms in total. The van der Waals surface area contributed by atoms with Crippen molar-refractivity contribution in [3.63, 3.8) is 0 Å². The number of ether oxygens (including phenoxy) is 1. The minimum atomic E-state index is -1.21. The van der Waals surface area contributed by atoms with Gasteiger partial charge in [-0.15, -0.1) is 0 Å². The molecule has 1 unspecified atom stereocenters. The van der Waals surface area contributed by atoms with Crippen LogP contribution in [0.15, 0.2) is 24.3 Å². The number of methoxy groups -OCH3 is 1. The summed E-state index contributed by atoms with van der Waals surface area (Å²) in [4.78, 5) is 33.7. The highest BCUT2D eigenvalue weighted by atomic mass is 16.5. The maximum Gasteiger partial charge on any atom is 0.328 e. The van der Waals surface area contributed by atoms with Gasteiger partial charge in [0.2, 0.25) is 5.91 Å². The Kier molecular flexibility index (Phi) is 5.01. The third-order valence-electron chi connectivity index (χ3n) is 2.35. The molecule has 0 aliphatic heterocycles. The third kappa shape index (κ3) is 4.07. The molecule has 0 fully saturated rings. The first-order valence-corrected chi connectivity index (χ1v) is 5.38. The van der Waals surface area contributed by atoms with Gasteiger partial charge in [0.25, 0.3) is 5.91 Å². The number of nitrogens with one attached hydrogen (secondary N) is 1. The van der Waals surface area contributed by atoms with Crippen molar-refractivity contribution in [2.75, 3.05) is 13.7 Å². The van der Waals surface area contributed by atoms with Gasteiger partial charge in [0.1, 0.15) is 0 Å². The molecule has 0 saturated heterocycles. The summed E-state index contributed by atoms with van der Waals surface area (Å²) in [6.45, 7) is -0.156. The normalized spacial score (nSPS) is 11.6. The van der Waals surface area contributed by atoms with Gasteiger partial charge in [-0.1, -0.05) is 6.07 Å². The molecule has 1 atom stereocenters. The molecule has 0 heterocycles. The van der Waals surface area contributed by atoms with Gasteiger partial charge in [0, 0.05) is 18.2 Å². The Morgan fingerprint density at radius 3 is 2.53 bits per heavy atom. The van der Waals surface area contributed by atoms with Gasteiger partial charge in [0.05, 0.1) is 6.61 Å². The van der Waals surface area contributed by atoms with Crippen LogP contribution >= 0.6 is 0 Å². The van der Waals surface area contributed by atoms with Crippen molar-refractivity contribution in [2.45, 2.75) is 6.04 Å². The number of benzene rings is 1. The number of carbonyl (C=O) groups excluding carboxylic acids is 2. The standard InChI is InChI=1S/C12H14N2O5/c1-19-6-9(12(17)18)14-11(16)8-4-2-3-7(5-8)10(13)15/h2-5,9H,6H2,1H3,(H2,13,15)(H,14,16)(H,17,18). The summed E-state index contributed by atoms with van der Waals surface area (Å²) in [5, 5.41) is 11.2. The van der Waals surface area contributed by atoms with Gasteiger partial charge in [0.15, 0.2) is 6.04 Å². The summed E-state index contributed by atoms with van der Waals surface area (Å²) in [7, 11) is 1.33. The highest BCUT2D eigenvalue weighted by molar-refractivity contribution is 6.00. The maximum absolute atomic E-state index is 11.8. The Balaban J connectivity index is 2.85. The Labute approximate surface area is 109 Å². The number of carboxylic acids is 1. The van der Waals surface area contributed by atoms with Gasteiger partial charge in [-0.25, -0.2) is 4.79 Å². The number of aliphatic carboxylic acids is 1. The maximum atomic E-state index is 11.8. The topological polar surface area (TPSA) is 119 Å². The number of amides is 2. The van der Waals surface area contributed by atoms with Crippen LogP contribution in [0.25, 0.3) is 0 Å². The van der Waals surface area contributed by atoms with Gasteiger partial charge >= 0.3 is 5.97 Å². The van der Waals surface area contributed by atoms with E-state index in [0.29, 0.717) is 0 Å². The molecular formula is C12H14N2O5. The van der Waals surface area contributed by atoms with Crippen LogP contribution in [-0.2, 0) is 9.53 Å². The van der Waals surface area contributed by atoms with Gasteiger partial charge in [-0.2, -0.15) is 0 Å². The lowest BCUT2D eigenvalue weighted by atomic mass is 10.1. The zero-order valence-electron chi connectivity index (χ0n) is 10.3. The van der Waals surface area contributed by atoms with E-state index in [9.17, 15) is 14.4 Å². The van der Waals surface area contributed by atoms with Crippen LogP contribution in [-0.4, -0.2) is 42.6 Å². The molecule has 4 N–H and O–H groups in total. The largest absolute Gasteiger partial charge is 0.480 e. The molecule has 0 aromatic heterocycles. The summed E-state index contributed by atoms with van der Waals surface area (Å²) < 4.78 is 4.69. The number of carboxylic acid groups (broad SMARTS) is 1. The van der Waals surface area contributed by atoms with E-state index in [0.717, 1.165) is 0 Å². The Morgan fingerprint density at radius 2 is 2.00 bits per heavy atom. The molecule has 0 radical (unpaired) electrons. The van der Waals surface area contributed by atoms with Crippen LogP contribution in [0.3, 0.4) is 0 Å². The van der Waals surface area contributed by atoms with Crippen LogP contribution in [0.5, 0.6) is 0 Å². The zero-order valence-corrected chi connectivity index (χ0v) is 10.3. The van der Waals surface area contributed by atoms with Crippen molar-refractivity contribution in [1.29, 1.82) is 0 Å². The number of carbonyl (C=O) groups is 3. The lowest BCUT2D eigenvalue weighted by molar-refractivity contribution is -0.140. The van der Waals surface area contributed by atoms with Crippen LogP contribution in [0.1, 0.15) is 20.7 Å². The number of hydrogen-bond acceptors (Lipinski definition) is 4. The van der Waals surface area contributed by atoms with Crippen LogP contribution in [0.2, 0.25) is 0 Å². The van der Waals surface area contributed by atoms with E-state index in [1.807, 2.05) is 0 Å². The zero-order chi connectivity index (χ0) is 14.4. The second-order valence-corrected chi connectivity index (χ2v) is 3.76. The van der Waals surface area contributed by atoms with E-state index in [1.165, 1.54) is 31.4 Å². The van der Waals surface area contributed by atoms with Crippen molar-refractivity contribution in [2.24, 2.45) is 5.73 Å². The lowest BCUT2D eigenvalue weighted by Gasteiger charge is -2.13. The Bertz CT molecular complexity index is 501. The number of rotatable bonds is 6. The fourth-order valence-corrected chi connectivity index (χ4v) is 1.40. The molecule has 7 heteroatoms. The van der Waals surface area contributed by atoms with E-state index in [4.69, 9.17) is 15.6 Å². The van der Waals surface area contributed by atoms with Crippen molar-refractivity contribution in [3.8, 4) is 0 Å². The van der Waals surface area contributed by atoms with Crippen molar-refractivity contribution < 1.29 is 24.2 Å². The number of hydrogen-bond donors (Lipinski definition) is 3. The summed E-state index contributed by atoms with van der Waals surface area (Å²) in [5.41, 5.74) is 5.42. The number of nitrogens with two attached hydrogens (primary N) is 1. The molecule has 1 rings (SSSR count). The van der Waals surface area contributed by atoms with Gasteiger partial charge in [-0.3, -0.25) is 9.59 Å².